The molecule has 2 heterocycles. The van der Waals surface area contributed by atoms with Crippen LogP contribution in [0.1, 0.15) is 13.8 Å². The van der Waals surface area contributed by atoms with Crippen LogP contribution in [0.25, 0.3) is 20.4 Å². The van der Waals surface area contributed by atoms with Crippen LogP contribution >= 0.6 is 22.7 Å². The molecule has 0 spiro atoms. The molecule has 4 aromatic rings. The van der Waals surface area contributed by atoms with Crippen LogP contribution in [0.3, 0.4) is 0 Å². The normalized spacial score (nSPS) is 13.3. The molecule has 0 aliphatic carbocycles. The van der Waals surface area contributed by atoms with Crippen LogP contribution in [0.4, 0.5) is 0 Å². The van der Waals surface area contributed by atoms with Gasteiger partial charge in [0.25, 0.3) is 0 Å². The number of aryl methyl sites for hydroxylation is 2. The van der Waals surface area contributed by atoms with Crippen molar-refractivity contribution in [1.29, 1.82) is 0 Å². The van der Waals surface area contributed by atoms with E-state index < -0.39 is 20.2 Å². The Kier molecular flexibility index (Phi) is 9.98. The summed E-state index contributed by atoms with van der Waals surface area (Å²) in [7, 11) is -9.14. The third-order valence-corrected chi connectivity index (χ3v) is 8.46. The average Bonchev–Trinajstić information content (AvgIpc) is 3.26. The Balaban J connectivity index is 0.00000204. The van der Waals surface area contributed by atoms with Crippen LogP contribution in [0.15, 0.2) is 56.4 Å². The summed E-state index contributed by atoms with van der Waals surface area (Å²) >= 11 is 2.40. The van der Waals surface area contributed by atoms with Crippen molar-refractivity contribution in [3.05, 3.63) is 46.0 Å². The monoisotopic (exact) mass is 558 g/mol. The minimum absolute atomic E-state index is 0. The number of nitrogens with zero attached hydrogens (tertiary/aromatic N) is 4. The first kappa shape index (κ1) is 29.9. The molecule has 10 nitrogen and oxygen atoms in total. The van der Waals surface area contributed by atoms with E-state index in [1.807, 2.05) is 23.0 Å². The summed E-state index contributed by atoms with van der Waals surface area (Å²) in [6.07, 6.45) is 0. The number of benzene rings is 2. The number of hydrogen-bond donors (Lipinski definition) is 0. The molecule has 0 fully saturated rings. The first-order chi connectivity index (χ1) is 15.0. The van der Waals surface area contributed by atoms with Gasteiger partial charge in [-0.2, -0.15) is 0 Å². The molecule has 0 amide bonds. The Hall–Kier alpha value is -0.360. The molecule has 0 radical (unpaired) electrons. The second-order valence-corrected chi connectivity index (χ2v) is 11.4. The third-order valence-electron chi connectivity index (χ3n) is 4.74. The molecule has 170 valence electrons. The number of rotatable bonds is 5. The van der Waals surface area contributed by atoms with Gasteiger partial charge in [-0.3, -0.25) is 0 Å². The Morgan fingerprint density at radius 1 is 0.735 bits per heavy atom. The molecule has 4 rings (SSSR count). The second kappa shape index (κ2) is 11.4. The zero-order valence-corrected chi connectivity index (χ0v) is 26.0. The molecule has 0 saturated heterocycles. The zero-order valence-electron chi connectivity index (χ0n) is 18.7. The van der Waals surface area contributed by atoms with Crippen molar-refractivity contribution in [3.63, 3.8) is 0 Å². The fourth-order valence-electron chi connectivity index (χ4n) is 3.27. The molecule has 16 heteroatoms. The molecule has 0 aliphatic rings. The molecule has 0 bridgehead atoms. The van der Waals surface area contributed by atoms with E-state index in [2.05, 4.69) is 10.2 Å². The van der Waals surface area contributed by atoms with Gasteiger partial charge >= 0.3 is 59.1 Å². The van der Waals surface area contributed by atoms with Gasteiger partial charge in [-0.25, -0.2) is 16.8 Å². The average molecular weight is 559 g/mol. The van der Waals surface area contributed by atoms with Crippen molar-refractivity contribution in [2.75, 3.05) is 0 Å². The van der Waals surface area contributed by atoms with Gasteiger partial charge in [0.05, 0.1) is 30.2 Å². The van der Waals surface area contributed by atoms with Gasteiger partial charge in [-0.15, -0.1) is 10.2 Å². The molecule has 34 heavy (non-hydrogen) atoms. The van der Waals surface area contributed by atoms with Crippen LogP contribution in [0.5, 0.6) is 0 Å². The minimum atomic E-state index is -4.57. The SMILES string of the molecule is CCn1c(=NN=c2sc3cc(S(=O)(=O)[O-])ccc3n2CC)sc2cc(S(=O)(=O)[O-])ccc21.[Na+].[Na+]. The molecule has 0 N–H and O–H groups in total. The summed E-state index contributed by atoms with van der Waals surface area (Å²) in [4.78, 5) is 0.391. The van der Waals surface area contributed by atoms with Crippen LogP contribution in [0, 0.1) is 0 Å². The summed E-state index contributed by atoms with van der Waals surface area (Å²) < 4.78 is 72.9. The van der Waals surface area contributed by atoms with E-state index in [1.165, 1.54) is 46.9 Å². The van der Waals surface area contributed by atoms with Crippen molar-refractivity contribution in [2.24, 2.45) is 10.2 Å². The van der Waals surface area contributed by atoms with Crippen molar-refractivity contribution in [1.82, 2.24) is 9.13 Å². The summed E-state index contributed by atoms with van der Waals surface area (Å²) in [6.45, 7) is 4.89. The maximum absolute atomic E-state index is 11.3. The second-order valence-electron chi connectivity index (χ2n) is 6.63. The zero-order chi connectivity index (χ0) is 23.3. The van der Waals surface area contributed by atoms with Crippen molar-refractivity contribution in [3.8, 4) is 0 Å². The fourth-order valence-corrected chi connectivity index (χ4v) is 6.58. The van der Waals surface area contributed by atoms with E-state index >= 15 is 0 Å². The summed E-state index contributed by atoms with van der Waals surface area (Å²) in [5.41, 5.74) is 1.45. The van der Waals surface area contributed by atoms with Crippen molar-refractivity contribution >= 4 is 63.3 Å². The minimum Gasteiger partial charge on any atom is -0.744 e. The summed E-state index contributed by atoms with van der Waals surface area (Å²) in [5, 5.41) is 8.68. The van der Waals surface area contributed by atoms with E-state index in [0.717, 1.165) is 11.0 Å². The summed E-state index contributed by atoms with van der Waals surface area (Å²) in [6, 6.07) is 8.31. The smallest absolute Gasteiger partial charge is 0.744 e. The molecule has 0 aliphatic heterocycles. The Morgan fingerprint density at radius 3 is 1.38 bits per heavy atom. The van der Waals surface area contributed by atoms with Crippen molar-refractivity contribution < 1.29 is 85.1 Å². The van der Waals surface area contributed by atoms with Crippen LogP contribution < -0.4 is 68.7 Å². The number of hydrogen-bond acceptors (Lipinski definition) is 10. The Labute approximate surface area is 247 Å². The van der Waals surface area contributed by atoms with Gasteiger partial charge in [0.1, 0.15) is 20.2 Å². The third kappa shape index (κ3) is 5.95. The predicted octanol–water partition coefficient (Wildman–Crippen LogP) is -4.01. The summed E-state index contributed by atoms with van der Waals surface area (Å²) in [5.74, 6) is 0. The molecule has 2 aromatic carbocycles. The number of fused-ring (bicyclic) bond motifs is 2. The number of aromatic nitrogens is 2. The fraction of sp³-hybridized carbons (Fsp3) is 0.222. The van der Waals surface area contributed by atoms with Crippen LogP contribution in [-0.4, -0.2) is 35.1 Å². The number of thiazole rings is 2. The van der Waals surface area contributed by atoms with E-state index in [0.29, 0.717) is 32.1 Å². The quantitative estimate of drug-likeness (QED) is 0.138. The predicted molar refractivity (Wildman–Crippen MR) is 118 cm³/mol. The van der Waals surface area contributed by atoms with Gasteiger partial charge in [0.2, 0.25) is 9.60 Å². The molecule has 2 aromatic heterocycles. The van der Waals surface area contributed by atoms with Crippen molar-refractivity contribution in [2.45, 2.75) is 36.7 Å². The molecule has 0 unspecified atom stereocenters. The van der Waals surface area contributed by atoms with Gasteiger partial charge in [-0.1, -0.05) is 22.7 Å². The standard InChI is InChI=1S/C18H18N4O6S4.2Na/c1-3-21-13-7-5-11(31(23,24)25)9-15(13)29-17(21)19-20-18-22(4-2)14-8-6-12(32(26,27)28)10-16(14)30-18;;/h5-10H,3-4H2,1-2H3,(H,23,24,25)(H,26,27,28);;/q;2*+1/p-2. The van der Waals surface area contributed by atoms with Crippen LogP contribution in [-0.2, 0) is 33.3 Å². The maximum Gasteiger partial charge on any atom is 1.00 e. The Morgan fingerprint density at radius 2 is 1.09 bits per heavy atom. The van der Waals surface area contributed by atoms with Gasteiger partial charge in [-0.05, 0) is 50.2 Å². The maximum atomic E-state index is 11.3. The van der Waals surface area contributed by atoms with E-state index in [9.17, 15) is 25.9 Å². The van der Waals surface area contributed by atoms with E-state index in [-0.39, 0.29) is 68.9 Å². The molecule has 0 atom stereocenters. The first-order valence-corrected chi connectivity index (χ1v) is 13.7. The van der Waals surface area contributed by atoms with E-state index in [4.69, 9.17) is 0 Å². The van der Waals surface area contributed by atoms with Gasteiger partial charge < -0.3 is 18.2 Å². The first-order valence-electron chi connectivity index (χ1n) is 9.29. The Bertz CT molecular complexity index is 1590. The van der Waals surface area contributed by atoms with Gasteiger partial charge in [0.15, 0.2) is 0 Å². The van der Waals surface area contributed by atoms with Crippen LogP contribution in [0.2, 0.25) is 0 Å². The topological polar surface area (TPSA) is 149 Å². The van der Waals surface area contributed by atoms with E-state index in [1.54, 1.807) is 12.1 Å². The van der Waals surface area contributed by atoms with Gasteiger partial charge in [0, 0.05) is 13.1 Å². The largest absolute Gasteiger partial charge is 1.00 e. The molecular formula is C18H16N4Na2O6S4. The molecule has 0 saturated carbocycles. The molecular weight excluding hydrogens is 542 g/mol.